The largest absolute Gasteiger partial charge is 0.479 e. The molecule has 180 valence electrons. The summed E-state index contributed by atoms with van der Waals surface area (Å²) in [4.78, 5) is 45.6. The van der Waals surface area contributed by atoms with Crippen LogP contribution in [-0.2, 0) is 19.2 Å². The Balaban J connectivity index is 0.000000455. The lowest BCUT2D eigenvalue weighted by Crippen LogP contribution is -2.39. The minimum atomic E-state index is -2.27. The quantitative estimate of drug-likeness (QED) is 0.210. The number of likely N-dealkylation sites (tertiary alicyclic amines) is 1. The van der Waals surface area contributed by atoms with E-state index in [1.165, 1.54) is 24.9 Å². The van der Waals surface area contributed by atoms with Crippen LogP contribution in [0.4, 0.5) is 0 Å². The number of hydrogen-bond acceptors (Lipinski definition) is 10. The lowest BCUT2D eigenvalue weighted by atomic mass is 10.1. The Morgan fingerprint density at radius 2 is 1.28 bits per heavy atom. The highest BCUT2D eigenvalue weighted by Crippen LogP contribution is 2.29. The predicted octanol–water partition coefficient (Wildman–Crippen LogP) is -2.40. The summed E-state index contributed by atoms with van der Waals surface area (Å²) in [5, 5.41) is 65.1. The van der Waals surface area contributed by atoms with Crippen LogP contribution >= 0.6 is 0 Å². The number of carboxylic acid groups (broad SMARTS) is 4. The number of pyridine rings is 1. The number of carboxylic acids is 4. The van der Waals surface area contributed by atoms with E-state index in [1.807, 2.05) is 18.5 Å². The van der Waals surface area contributed by atoms with Crippen LogP contribution in [0.2, 0.25) is 0 Å². The molecule has 0 bridgehead atoms. The molecule has 1 saturated heterocycles. The Hall–Kier alpha value is -3.17. The SMILES string of the molecule is CN1CCC[C@@H]1c1cccnc1.O=C(O)[C@@H](O)[C@@H](O)C(=O)O.O=C(O)[C@@H](O)[C@@H](O)C(=O)O. The molecule has 0 spiro atoms. The second-order valence-corrected chi connectivity index (χ2v) is 6.56. The van der Waals surface area contributed by atoms with Crippen molar-refractivity contribution in [2.45, 2.75) is 43.3 Å². The van der Waals surface area contributed by atoms with Crippen molar-refractivity contribution in [3.63, 3.8) is 0 Å². The highest BCUT2D eigenvalue weighted by Gasteiger charge is 2.30. The van der Waals surface area contributed by atoms with Crippen LogP contribution in [0.15, 0.2) is 24.5 Å². The fourth-order valence-corrected chi connectivity index (χ4v) is 2.44. The van der Waals surface area contributed by atoms with Gasteiger partial charge < -0.3 is 40.9 Å². The predicted molar refractivity (Wildman–Crippen MR) is 103 cm³/mol. The molecule has 32 heavy (non-hydrogen) atoms. The first-order valence-corrected chi connectivity index (χ1v) is 9.04. The summed E-state index contributed by atoms with van der Waals surface area (Å²) in [5.74, 6) is -7.07. The van der Waals surface area contributed by atoms with Crippen molar-refractivity contribution in [3.8, 4) is 0 Å². The molecular weight excluding hydrogens is 436 g/mol. The zero-order chi connectivity index (χ0) is 25.0. The first-order chi connectivity index (χ1) is 14.8. The van der Waals surface area contributed by atoms with Gasteiger partial charge in [-0.15, -0.1) is 0 Å². The van der Waals surface area contributed by atoms with E-state index in [0.29, 0.717) is 6.04 Å². The minimum Gasteiger partial charge on any atom is -0.479 e. The standard InChI is InChI=1S/C10H14N2.2C4H6O6/c1-12-7-3-5-10(12)9-4-2-6-11-8-9;2*5-1(3(7)8)2(6)4(9)10/h2,4,6,8,10H,3,5,7H2,1H3;2*1-2,5-6H,(H,7,8)(H,9,10)/t10-;2*1-,2+/m1../s1. The normalized spacial score (nSPS) is 19.1. The molecule has 14 nitrogen and oxygen atoms in total. The fraction of sp³-hybridized carbons (Fsp3) is 0.500. The smallest absolute Gasteiger partial charge is 0.335 e. The maximum atomic E-state index is 9.77. The van der Waals surface area contributed by atoms with Gasteiger partial charge >= 0.3 is 23.9 Å². The second-order valence-electron chi connectivity index (χ2n) is 6.56. The number of aliphatic hydroxyl groups is 4. The van der Waals surface area contributed by atoms with E-state index >= 15 is 0 Å². The van der Waals surface area contributed by atoms with Gasteiger partial charge in [0.05, 0.1) is 0 Å². The maximum absolute atomic E-state index is 9.77. The molecule has 14 heteroatoms. The Labute approximate surface area is 181 Å². The zero-order valence-electron chi connectivity index (χ0n) is 16.9. The summed E-state index contributed by atoms with van der Waals surface area (Å²) in [6, 6.07) is 4.79. The van der Waals surface area contributed by atoms with E-state index in [-0.39, 0.29) is 0 Å². The average molecular weight is 462 g/mol. The molecule has 2 rings (SSSR count). The van der Waals surface area contributed by atoms with Gasteiger partial charge in [0.15, 0.2) is 24.4 Å². The third-order valence-electron chi connectivity index (χ3n) is 4.20. The van der Waals surface area contributed by atoms with E-state index in [0.717, 1.165) is 0 Å². The van der Waals surface area contributed by atoms with Gasteiger partial charge in [0.2, 0.25) is 0 Å². The second kappa shape index (κ2) is 14.0. The lowest BCUT2D eigenvalue weighted by molar-refractivity contribution is -0.165. The first-order valence-electron chi connectivity index (χ1n) is 9.04. The van der Waals surface area contributed by atoms with Gasteiger partial charge in [-0.1, -0.05) is 6.07 Å². The third-order valence-corrected chi connectivity index (χ3v) is 4.20. The molecule has 0 radical (unpaired) electrons. The Morgan fingerprint density at radius 1 is 0.875 bits per heavy atom. The van der Waals surface area contributed by atoms with Crippen LogP contribution in [0.5, 0.6) is 0 Å². The molecule has 0 amide bonds. The lowest BCUT2D eigenvalue weighted by Gasteiger charge is -2.18. The van der Waals surface area contributed by atoms with Crippen LogP contribution in [0.1, 0.15) is 24.4 Å². The summed E-state index contributed by atoms with van der Waals surface area (Å²) < 4.78 is 0. The summed E-state index contributed by atoms with van der Waals surface area (Å²) in [5.41, 5.74) is 1.36. The molecule has 8 N–H and O–H groups in total. The Kier molecular flexibility index (Phi) is 12.6. The molecule has 1 aromatic heterocycles. The number of carbonyl (C=O) groups is 4. The third kappa shape index (κ3) is 9.76. The fourth-order valence-electron chi connectivity index (χ4n) is 2.44. The van der Waals surface area contributed by atoms with Crippen LogP contribution in [0.3, 0.4) is 0 Å². The van der Waals surface area contributed by atoms with Crippen molar-refractivity contribution in [3.05, 3.63) is 30.1 Å². The number of rotatable bonds is 7. The van der Waals surface area contributed by atoms with Gasteiger partial charge in [-0.05, 0) is 38.1 Å². The van der Waals surface area contributed by atoms with E-state index in [1.54, 1.807) is 0 Å². The number of nitrogens with zero attached hydrogens (tertiary/aromatic N) is 2. The van der Waals surface area contributed by atoms with Gasteiger partial charge in [-0.3, -0.25) is 9.88 Å². The van der Waals surface area contributed by atoms with Gasteiger partial charge in [0.25, 0.3) is 0 Å². The molecule has 0 aromatic carbocycles. The molecule has 0 aliphatic carbocycles. The van der Waals surface area contributed by atoms with E-state index in [2.05, 4.69) is 23.0 Å². The summed E-state index contributed by atoms with van der Waals surface area (Å²) in [6.45, 7) is 1.22. The molecule has 2 heterocycles. The van der Waals surface area contributed by atoms with Crippen LogP contribution < -0.4 is 0 Å². The van der Waals surface area contributed by atoms with Crippen molar-refractivity contribution in [1.29, 1.82) is 0 Å². The summed E-state index contributed by atoms with van der Waals surface area (Å²) in [6.07, 6.45) is -2.66. The van der Waals surface area contributed by atoms with Crippen LogP contribution in [-0.4, -0.2) is 113 Å². The minimum absolute atomic E-state index is 0.610. The van der Waals surface area contributed by atoms with Crippen molar-refractivity contribution < 1.29 is 60.0 Å². The summed E-state index contributed by atoms with van der Waals surface area (Å²) >= 11 is 0. The van der Waals surface area contributed by atoms with Gasteiger partial charge in [0.1, 0.15) is 0 Å². The van der Waals surface area contributed by atoms with Crippen molar-refractivity contribution in [1.82, 2.24) is 9.88 Å². The van der Waals surface area contributed by atoms with Crippen molar-refractivity contribution in [2.24, 2.45) is 0 Å². The van der Waals surface area contributed by atoms with E-state index in [4.69, 9.17) is 40.9 Å². The van der Waals surface area contributed by atoms with Crippen molar-refractivity contribution >= 4 is 23.9 Å². The van der Waals surface area contributed by atoms with Crippen LogP contribution in [0, 0.1) is 0 Å². The van der Waals surface area contributed by atoms with E-state index < -0.39 is 48.3 Å². The number of aliphatic carboxylic acids is 4. The molecule has 1 aliphatic rings. The van der Waals surface area contributed by atoms with Gasteiger partial charge in [0, 0.05) is 18.4 Å². The average Bonchev–Trinajstić information content (AvgIpc) is 3.18. The highest BCUT2D eigenvalue weighted by atomic mass is 16.4. The molecule has 1 aromatic rings. The zero-order valence-corrected chi connectivity index (χ0v) is 16.9. The number of aromatic nitrogens is 1. The Bertz CT molecular complexity index is 688. The first kappa shape index (κ1) is 28.8. The Morgan fingerprint density at radius 3 is 1.53 bits per heavy atom. The topological polar surface area (TPSA) is 246 Å². The molecule has 1 fully saturated rings. The monoisotopic (exact) mass is 462 g/mol. The highest BCUT2D eigenvalue weighted by molar-refractivity contribution is 5.83. The molecule has 0 unspecified atom stereocenters. The molecule has 0 saturated carbocycles. The molecule has 5 atom stereocenters. The van der Waals surface area contributed by atoms with Crippen LogP contribution in [0.25, 0.3) is 0 Å². The molecule has 1 aliphatic heterocycles. The van der Waals surface area contributed by atoms with Gasteiger partial charge in [-0.2, -0.15) is 0 Å². The molecular formula is C18H26N2O12. The maximum Gasteiger partial charge on any atom is 0.335 e. The van der Waals surface area contributed by atoms with Gasteiger partial charge in [-0.25, -0.2) is 19.2 Å². The van der Waals surface area contributed by atoms with E-state index in [9.17, 15) is 19.2 Å². The number of hydrogen-bond donors (Lipinski definition) is 8. The van der Waals surface area contributed by atoms with Crippen molar-refractivity contribution in [2.75, 3.05) is 13.6 Å². The summed E-state index contributed by atoms with van der Waals surface area (Å²) in [7, 11) is 2.19. The number of aliphatic hydroxyl groups excluding tert-OH is 4.